The third kappa shape index (κ3) is 1.05. The highest BCUT2D eigenvalue weighted by atomic mass is 16.1. The first-order valence-electron chi connectivity index (χ1n) is 3.88. The zero-order valence-corrected chi connectivity index (χ0v) is 6.54. The maximum atomic E-state index is 11.0. The number of benzene rings is 1. The molecule has 0 radical (unpaired) electrons. The quantitative estimate of drug-likeness (QED) is 0.578. The fourth-order valence-corrected chi connectivity index (χ4v) is 1.54. The summed E-state index contributed by atoms with van der Waals surface area (Å²) in [5.41, 5.74) is 2.75. The summed E-state index contributed by atoms with van der Waals surface area (Å²) < 4.78 is 0. The Bertz CT molecular complexity index is 353. The standard InChI is InChI=1S/C10H8O2/c11-6-7-1-2-8-4-10(12)5-9(8)3-7/h1-3,6H,4-5H2. The number of fused-ring (bicyclic) bond motifs is 1. The lowest BCUT2D eigenvalue weighted by molar-refractivity contribution is -0.117. The molecule has 1 aliphatic rings. The van der Waals surface area contributed by atoms with Crippen LogP contribution in [0, 0.1) is 0 Å². The van der Waals surface area contributed by atoms with E-state index < -0.39 is 0 Å². The predicted octanol–water partition coefficient (Wildman–Crippen LogP) is 1.17. The number of carbonyl (C=O) groups excluding carboxylic acids is 2. The highest BCUT2D eigenvalue weighted by Gasteiger charge is 2.17. The summed E-state index contributed by atoms with van der Waals surface area (Å²) in [6, 6.07) is 5.42. The van der Waals surface area contributed by atoms with Gasteiger partial charge < -0.3 is 0 Å². The van der Waals surface area contributed by atoms with Gasteiger partial charge in [-0.25, -0.2) is 0 Å². The van der Waals surface area contributed by atoms with Crippen molar-refractivity contribution >= 4 is 12.1 Å². The first-order chi connectivity index (χ1) is 5.79. The van der Waals surface area contributed by atoms with Gasteiger partial charge in [-0.05, 0) is 17.2 Å². The van der Waals surface area contributed by atoms with Crippen molar-refractivity contribution in [2.24, 2.45) is 0 Å². The first kappa shape index (κ1) is 7.22. The van der Waals surface area contributed by atoms with Crippen molar-refractivity contribution in [3.8, 4) is 0 Å². The Morgan fingerprint density at radius 2 is 1.92 bits per heavy atom. The van der Waals surface area contributed by atoms with Crippen LogP contribution in [0.4, 0.5) is 0 Å². The molecule has 0 amide bonds. The van der Waals surface area contributed by atoms with Crippen molar-refractivity contribution < 1.29 is 9.59 Å². The molecule has 0 saturated heterocycles. The van der Waals surface area contributed by atoms with Crippen LogP contribution in [0.2, 0.25) is 0 Å². The van der Waals surface area contributed by atoms with Crippen LogP contribution in [0.15, 0.2) is 18.2 Å². The number of rotatable bonds is 1. The molecule has 1 aromatic rings. The van der Waals surface area contributed by atoms with Gasteiger partial charge in [0.2, 0.25) is 0 Å². The molecule has 0 atom stereocenters. The van der Waals surface area contributed by atoms with Crippen molar-refractivity contribution in [2.45, 2.75) is 12.8 Å². The second kappa shape index (κ2) is 2.55. The highest BCUT2D eigenvalue weighted by Crippen LogP contribution is 2.19. The first-order valence-corrected chi connectivity index (χ1v) is 3.88. The van der Waals surface area contributed by atoms with Crippen molar-refractivity contribution in [3.63, 3.8) is 0 Å². The third-order valence-electron chi connectivity index (χ3n) is 2.14. The number of carbonyl (C=O) groups is 2. The van der Waals surface area contributed by atoms with Crippen LogP contribution < -0.4 is 0 Å². The van der Waals surface area contributed by atoms with Gasteiger partial charge in [0.15, 0.2) is 0 Å². The zero-order valence-electron chi connectivity index (χ0n) is 6.54. The molecule has 0 N–H and O–H groups in total. The number of hydrogen-bond donors (Lipinski definition) is 0. The second-order valence-electron chi connectivity index (χ2n) is 3.04. The fraction of sp³-hybridized carbons (Fsp3) is 0.200. The molecule has 0 aliphatic heterocycles. The second-order valence-corrected chi connectivity index (χ2v) is 3.04. The van der Waals surface area contributed by atoms with Crippen LogP contribution in [-0.4, -0.2) is 12.1 Å². The SMILES string of the molecule is O=Cc1ccc2c(c1)CC(=O)C2. The van der Waals surface area contributed by atoms with E-state index in [4.69, 9.17) is 0 Å². The largest absolute Gasteiger partial charge is 0.299 e. The molecular weight excluding hydrogens is 152 g/mol. The van der Waals surface area contributed by atoms with Crippen molar-refractivity contribution in [1.82, 2.24) is 0 Å². The van der Waals surface area contributed by atoms with Crippen molar-refractivity contribution in [1.29, 1.82) is 0 Å². The van der Waals surface area contributed by atoms with Gasteiger partial charge in [-0.15, -0.1) is 0 Å². The Hall–Kier alpha value is -1.44. The molecule has 1 aliphatic carbocycles. The van der Waals surface area contributed by atoms with Gasteiger partial charge >= 0.3 is 0 Å². The third-order valence-corrected chi connectivity index (χ3v) is 2.14. The van der Waals surface area contributed by atoms with E-state index in [1.807, 2.05) is 6.07 Å². The molecule has 0 unspecified atom stereocenters. The lowest BCUT2D eigenvalue weighted by Gasteiger charge is -1.96. The van der Waals surface area contributed by atoms with E-state index in [0.29, 0.717) is 18.4 Å². The fourth-order valence-electron chi connectivity index (χ4n) is 1.54. The Balaban J connectivity index is 2.48. The maximum Gasteiger partial charge on any atom is 0.150 e. The Kier molecular flexibility index (Phi) is 1.54. The molecule has 0 aromatic heterocycles. The lowest BCUT2D eigenvalue weighted by atomic mass is 10.1. The minimum atomic E-state index is 0.244. The summed E-state index contributed by atoms with van der Waals surface area (Å²) in [5.74, 6) is 0.244. The smallest absolute Gasteiger partial charge is 0.150 e. The maximum absolute atomic E-state index is 11.0. The number of ketones is 1. The average molecular weight is 160 g/mol. The molecule has 0 bridgehead atoms. The Morgan fingerprint density at radius 3 is 2.67 bits per heavy atom. The van der Waals surface area contributed by atoms with Crippen LogP contribution in [-0.2, 0) is 17.6 Å². The summed E-state index contributed by atoms with van der Waals surface area (Å²) in [4.78, 5) is 21.4. The summed E-state index contributed by atoms with van der Waals surface area (Å²) in [5, 5.41) is 0. The van der Waals surface area contributed by atoms with Gasteiger partial charge in [-0.2, -0.15) is 0 Å². The number of hydrogen-bond acceptors (Lipinski definition) is 2. The van der Waals surface area contributed by atoms with Crippen molar-refractivity contribution in [3.05, 3.63) is 34.9 Å². The molecule has 2 rings (SSSR count). The van der Waals surface area contributed by atoms with Crippen molar-refractivity contribution in [2.75, 3.05) is 0 Å². The van der Waals surface area contributed by atoms with Crippen LogP contribution in [0.3, 0.4) is 0 Å². The molecule has 0 heterocycles. The zero-order chi connectivity index (χ0) is 8.55. The minimum Gasteiger partial charge on any atom is -0.299 e. The molecule has 0 saturated carbocycles. The topological polar surface area (TPSA) is 34.1 Å². The number of Topliss-reactive ketones (excluding diaryl/α,β-unsaturated/α-hetero) is 1. The molecule has 12 heavy (non-hydrogen) atoms. The Labute approximate surface area is 70.2 Å². The van der Waals surface area contributed by atoms with E-state index in [1.165, 1.54) is 0 Å². The van der Waals surface area contributed by atoms with Gasteiger partial charge in [0, 0.05) is 18.4 Å². The molecule has 0 spiro atoms. The lowest BCUT2D eigenvalue weighted by Crippen LogP contribution is -1.92. The highest BCUT2D eigenvalue weighted by molar-refractivity contribution is 5.89. The average Bonchev–Trinajstić information content (AvgIpc) is 2.43. The van der Waals surface area contributed by atoms with Gasteiger partial charge in [0.25, 0.3) is 0 Å². The molecule has 0 fully saturated rings. The van der Waals surface area contributed by atoms with Gasteiger partial charge in [-0.3, -0.25) is 9.59 Å². The molecule has 2 heteroatoms. The van der Waals surface area contributed by atoms with E-state index >= 15 is 0 Å². The van der Waals surface area contributed by atoms with Crippen LogP contribution in [0.1, 0.15) is 21.5 Å². The summed E-state index contributed by atoms with van der Waals surface area (Å²) >= 11 is 0. The molecule has 2 nitrogen and oxygen atoms in total. The van der Waals surface area contributed by atoms with E-state index in [-0.39, 0.29) is 5.78 Å². The number of aldehydes is 1. The summed E-state index contributed by atoms with van der Waals surface area (Å²) in [6.45, 7) is 0. The van der Waals surface area contributed by atoms with Crippen LogP contribution >= 0.6 is 0 Å². The molecule has 1 aromatic carbocycles. The van der Waals surface area contributed by atoms with Crippen LogP contribution in [0.5, 0.6) is 0 Å². The molecular formula is C10H8O2. The van der Waals surface area contributed by atoms with E-state index in [0.717, 1.165) is 17.4 Å². The summed E-state index contributed by atoms with van der Waals surface area (Å²) in [7, 11) is 0. The minimum absolute atomic E-state index is 0.244. The van der Waals surface area contributed by atoms with Gasteiger partial charge in [0.1, 0.15) is 12.1 Å². The van der Waals surface area contributed by atoms with Gasteiger partial charge in [0.05, 0.1) is 0 Å². The normalized spacial score (nSPS) is 14.5. The summed E-state index contributed by atoms with van der Waals surface area (Å²) in [6.07, 6.45) is 1.84. The van der Waals surface area contributed by atoms with E-state index in [9.17, 15) is 9.59 Å². The van der Waals surface area contributed by atoms with Crippen LogP contribution in [0.25, 0.3) is 0 Å². The monoisotopic (exact) mass is 160 g/mol. The predicted molar refractivity (Wildman–Crippen MR) is 44.2 cm³/mol. The van der Waals surface area contributed by atoms with Gasteiger partial charge in [-0.1, -0.05) is 12.1 Å². The molecule has 60 valence electrons. The van der Waals surface area contributed by atoms with E-state index in [2.05, 4.69) is 0 Å². The van der Waals surface area contributed by atoms with E-state index in [1.54, 1.807) is 12.1 Å². The Morgan fingerprint density at radius 1 is 1.17 bits per heavy atom.